The van der Waals surface area contributed by atoms with Crippen LogP contribution in [-0.2, 0) is 4.79 Å². The second kappa shape index (κ2) is 29.3. The van der Waals surface area contributed by atoms with E-state index >= 15 is 0 Å². The van der Waals surface area contributed by atoms with Gasteiger partial charge in [-0.1, -0.05) is 169 Å². The average molecular weight is 631 g/mol. The first-order valence-corrected chi connectivity index (χ1v) is 20.6. The summed E-state index contributed by atoms with van der Waals surface area (Å²) >= 11 is 0. The van der Waals surface area contributed by atoms with Crippen LogP contribution >= 0.6 is 0 Å². The van der Waals surface area contributed by atoms with Crippen molar-refractivity contribution in [2.45, 2.75) is 202 Å². The molecule has 1 amide bonds. The van der Waals surface area contributed by atoms with Gasteiger partial charge in [-0.25, -0.2) is 0 Å². The molecule has 0 bridgehead atoms. The lowest BCUT2D eigenvalue weighted by Gasteiger charge is -2.38. The largest absolute Gasteiger partial charge is 0.342 e. The van der Waals surface area contributed by atoms with Crippen LogP contribution in [0.4, 0.5) is 0 Å². The van der Waals surface area contributed by atoms with Crippen LogP contribution in [0.3, 0.4) is 0 Å². The quantitative estimate of drug-likeness (QED) is 0.0562. The van der Waals surface area contributed by atoms with Crippen LogP contribution in [0.2, 0.25) is 0 Å². The van der Waals surface area contributed by atoms with Gasteiger partial charge in [0.15, 0.2) is 0 Å². The molecule has 0 aliphatic carbocycles. The van der Waals surface area contributed by atoms with E-state index in [4.69, 9.17) is 0 Å². The lowest BCUT2D eigenvalue weighted by Crippen LogP contribution is -2.44. The second-order valence-electron chi connectivity index (χ2n) is 15.0. The lowest BCUT2D eigenvalue weighted by molar-refractivity contribution is -0.134. The Bertz CT molecular complexity index is 666. The number of piperidine rings is 1. The fourth-order valence-electron chi connectivity index (χ4n) is 7.76. The van der Waals surface area contributed by atoms with E-state index in [0.29, 0.717) is 17.7 Å². The molecule has 0 aromatic heterocycles. The van der Waals surface area contributed by atoms with Gasteiger partial charge in [0, 0.05) is 19.5 Å². The van der Waals surface area contributed by atoms with Crippen LogP contribution in [0.15, 0.2) is 12.2 Å². The number of hydrogen-bond acceptors (Lipinski definition) is 2. The molecule has 1 rings (SSSR count). The Hall–Kier alpha value is -0.830. The highest BCUT2D eigenvalue weighted by Gasteiger charge is 2.29. The maximum Gasteiger partial charge on any atom is 0.222 e. The van der Waals surface area contributed by atoms with Crippen molar-refractivity contribution in [1.29, 1.82) is 0 Å². The highest BCUT2D eigenvalue weighted by molar-refractivity contribution is 5.76. The molecule has 0 spiro atoms. The third-order valence-electron chi connectivity index (χ3n) is 11.0. The number of unbranched alkanes of at least 4 members (excludes halogenated alkanes) is 15. The molecular formula is C42H82N2O. The highest BCUT2D eigenvalue weighted by atomic mass is 16.2. The van der Waals surface area contributed by atoms with Crippen molar-refractivity contribution in [2.75, 3.05) is 32.7 Å². The lowest BCUT2D eigenvalue weighted by atomic mass is 9.82. The first-order chi connectivity index (χ1) is 22.0. The third-order valence-corrected chi connectivity index (χ3v) is 11.0. The van der Waals surface area contributed by atoms with Gasteiger partial charge in [-0.15, -0.1) is 0 Å². The number of carbonyl (C=O) groups excluding carboxylic acids is 1. The Morgan fingerprint density at radius 2 is 1.16 bits per heavy atom. The molecule has 0 N–H and O–H groups in total. The normalized spacial score (nSPS) is 17.1. The SMILES string of the molecule is C=C(CCC(CCCCCCCCCC)CCCCCCCCCC)CC1CC(CC)CN(C(=O)CCCCN(CC)CC)C1. The maximum atomic E-state index is 13.2. The number of likely N-dealkylation sites (tertiary alicyclic amines) is 1. The molecular weight excluding hydrogens is 548 g/mol. The predicted molar refractivity (Wildman–Crippen MR) is 201 cm³/mol. The molecule has 3 nitrogen and oxygen atoms in total. The Morgan fingerprint density at radius 3 is 1.67 bits per heavy atom. The molecule has 1 fully saturated rings. The van der Waals surface area contributed by atoms with Gasteiger partial charge in [0.2, 0.25) is 5.91 Å². The topological polar surface area (TPSA) is 23.6 Å². The minimum Gasteiger partial charge on any atom is -0.342 e. The first-order valence-electron chi connectivity index (χ1n) is 20.6. The van der Waals surface area contributed by atoms with Gasteiger partial charge in [0.05, 0.1) is 0 Å². The monoisotopic (exact) mass is 631 g/mol. The fourth-order valence-corrected chi connectivity index (χ4v) is 7.76. The minimum absolute atomic E-state index is 0.402. The van der Waals surface area contributed by atoms with E-state index < -0.39 is 0 Å². The van der Waals surface area contributed by atoms with Gasteiger partial charge in [0.1, 0.15) is 0 Å². The zero-order valence-electron chi connectivity index (χ0n) is 31.7. The molecule has 0 aromatic rings. The number of hydrogen-bond donors (Lipinski definition) is 0. The molecule has 1 saturated heterocycles. The summed E-state index contributed by atoms with van der Waals surface area (Å²) in [5, 5.41) is 0. The van der Waals surface area contributed by atoms with E-state index in [1.165, 1.54) is 147 Å². The molecule has 1 aliphatic heterocycles. The maximum absolute atomic E-state index is 13.2. The Labute approximate surface area is 284 Å². The van der Waals surface area contributed by atoms with E-state index in [0.717, 1.165) is 64.3 Å². The summed E-state index contributed by atoms with van der Waals surface area (Å²) < 4.78 is 0. The Balaban J connectivity index is 2.49. The summed E-state index contributed by atoms with van der Waals surface area (Å²) in [5.74, 6) is 2.55. The number of amides is 1. The Morgan fingerprint density at radius 1 is 0.644 bits per heavy atom. The molecule has 0 aromatic carbocycles. The number of carbonyl (C=O) groups is 1. The molecule has 2 atom stereocenters. The van der Waals surface area contributed by atoms with E-state index in [9.17, 15) is 4.79 Å². The van der Waals surface area contributed by atoms with Crippen LogP contribution < -0.4 is 0 Å². The minimum atomic E-state index is 0.402. The summed E-state index contributed by atoms with van der Waals surface area (Å²) in [6, 6.07) is 0. The Kier molecular flexibility index (Phi) is 27.5. The fraction of sp³-hybridized carbons (Fsp3) is 0.929. The number of rotatable bonds is 31. The van der Waals surface area contributed by atoms with E-state index in [1.807, 2.05) is 0 Å². The summed E-state index contributed by atoms with van der Waals surface area (Å²) in [7, 11) is 0. The van der Waals surface area contributed by atoms with Crippen LogP contribution in [0.5, 0.6) is 0 Å². The van der Waals surface area contributed by atoms with Crippen LogP contribution in [-0.4, -0.2) is 48.4 Å². The number of allylic oxidation sites excluding steroid dienone is 1. The summed E-state index contributed by atoms with van der Waals surface area (Å²) in [5.41, 5.74) is 1.46. The van der Waals surface area contributed by atoms with Crippen molar-refractivity contribution in [3.05, 3.63) is 12.2 Å². The molecule has 2 unspecified atom stereocenters. The number of nitrogens with zero attached hydrogens (tertiary/aromatic N) is 2. The van der Waals surface area contributed by atoms with Crippen molar-refractivity contribution < 1.29 is 4.79 Å². The van der Waals surface area contributed by atoms with Crippen LogP contribution in [0.25, 0.3) is 0 Å². The van der Waals surface area contributed by atoms with Crippen molar-refractivity contribution in [3.8, 4) is 0 Å². The average Bonchev–Trinajstić information content (AvgIpc) is 3.05. The molecule has 1 aliphatic rings. The van der Waals surface area contributed by atoms with Crippen molar-refractivity contribution in [3.63, 3.8) is 0 Å². The van der Waals surface area contributed by atoms with Gasteiger partial charge < -0.3 is 9.80 Å². The smallest absolute Gasteiger partial charge is 0.222 e. The molecule has 45 heavy (non-hydrogen) atoms. The van der Waals surface area contributed by atoms with Crippen molar-refractivity contribution in [1.82, 2.24) is 9.80 Å². The van der Waals surface area contributed by atoms with Gasteiger partial charge in [-0.2, -0.15) is 0 Å². The highest BCUT2D eigenvalue weighted by Crippen LogP contribution is 2.32. The summed E-state index contributed by atoms with van der Waals surface area (Å²) in [6.45, 7) is 21.3. The third kappa shape index (κ3) is 22.4. The molecule has 3 heteroatoms. The molecule has 266 valence electrons. The van der Waals surface area contributed by atoms with Gasteiger partial charge in [-0.05, 0) is 75.9 Å². The van der Waals surface area contributed by atoms with Crippen molar-refractivity contribution in [2.24, 2.45) is 17.8 Å². The zero-order valence-corrected chi connectivity index (χ0v) is 31.7. The van der Waals surface area contributed by atoms with Crippen LogP contribution in [0, 0.1) is 17.8 Å². The van der Waals surface area contributed by atoms with E-state index in [1.54, 1.807) is 0 Å². The van der Waals surface area contributed by atoms with Crippen molar-refractivity contribution >= 4 is 5.91 Å². The van der Waals surface area contributed by atoms with E-state index in [2.05, 4.69) is 51.0 Å². The molecule has 0 radical (unpaired) electrons. The summed E-state index contributed by atoms with van der Waals surface area (Å²) in [4.78, 5) is 17.9. The second-order valence-corrected chi connectivity index (χ2v) is 15.0. The molecule has 1 heterocycles. The zero-order chi connectivity index (χ0) is 33.0. The van der Waals surface area contributed by atoms with Crippen LogP contribution in [0.1, 0.15) is 202 Å². The van der Waals surface area contributed by atoms with Gasteiger partial charge in [-0.3, -0.25) is 4.79 Å². The van der Waals surface area contributed by atoms with E-state index in [-0.39, 0.29) is 0 Å². The van der Waals surface area contributed by atoms with Gasteiger partial charge in [0.25, 0.3) is 0 Å². The molecule has 0 saturated carbocycles. The predicted octanol–water partition coefficient (Wildman–Crippen LogP) is 12.8. The first kappa shape index (κ1) is 42.2. The standard InChI is InChI=1S/C42H82N2O/c1-7-12-14-16-18-20-22-24-28-40(29-25-23-21-19-17-15-13-8-2)32-31-38(6)34-41-35-39(9-3)36-44(37-41)42(45)30-26-27-33-43(10-4)11-5/h39-41H,6-37H2,1-5H3. The van der Waals surface area contributed by atoms with Gasteiger partial charge >= 0.3 is 0 Å². The summed E-state index contributed by atoms with van der Waals surface area (Å²) in [6.07, 6.45) is 34.6.